The molecule has 5 aromatic rings. The maximum atomic E-state index is 15.3. The van der Waals surface area contributed by atoms with Crippen LogP contribution in [0, 0.1) is 5.82 Å². The van der Waals surface area contributed by atoms with E-state index < -0.39 is 34.6 Å². The van der Waals surface area contributed by atoms with Crippen molar-refractivity contribution in [2.24, 2.45) is 7.05 Å². The summed E-state index contributed by atoms with van der Waals surface area (Å²) in [4.78, 5) is 16.7. The first-order valence-electron chi connectivity index (χ1n) is 13.3. The zero-order valence-electron chi connectivity index (χ0n) is 22.8. The molecule has 1 aliphatic heterocycles. The molecule has 2 amide bonds. The second-order valence-corrected chi connectivity index (χ2v) is 11.9. The number of rotatable bonds is 5. The fraction of sp³-hybridized carbons (Fsp3) is 0.233. The van der Waals surface area contributed by atoms with Gasteiger partial charge in [-0.15, -0.1) is 10.2 Å². The maximum absolute atomic E-state index is 15.3. The molecule has 1 saturated heterocycles. The number of aromatic nitrogens is 3. The standard InChI is InChI=1S/C30H25F4N5O3S/c1-37-11-10-21-16-20(6-9-26(21)37)19-4-7-24(8-5-19)39(29(40)38-12-14-43(41)15-13-38)18-23-3-2-22(17-25(23)31)27-35-36-28(42-27)30(32,33)34/h2-11,16-17H,12-15,18H2,1H3. The van der Waals surface area contributed by atoms with E-state index in [1.165, 1.54) is 17.0 Å². The van der Waals surface area contributed by atoms with Crippen LogP contribution in [0.4, 0.5) is 28.0 Å². The van der Waals surface area contributed by atoms with Gasteiger partial charge in [0, 0.05) is 76.4 Å². The average molecular weight is 612 g/mol. The van der Waals surface area contributed by atoms with Gasteiger partial charge in [-0.3, -0.25) is 9.11 Å². The molecular formula is C30H25F4N5O3S. The number of alkyl halides is 3. The van der Waals surface area contributed by atoms with Crippen LogP contribution in [0.3, 0.4) is 0 Å². The number of carbonyl (C=O) groups is 1. The molecule has 13 heteroatoms. The quantitative estimate of drug-likeness (QED) is 0.220. The van der Waals surface area contributed by atoms with E-state index >= 15 is 4.39 Å². The molecule has 0 N–H and O–H groups in total. The van der Waals surface area contributed by atoms with Gasteiger partial charge in [0.2, 0.25) is 5.89 Å². The molecule has 3 aromatic carbocycles. The van der Waals surface area contributed by atoms with Gasteiger partial charge in [-0.1, -0.05) is 24.3 Å². The lowest BCUT2D eigenvalue weighted by Gasteiger charge is -2.33. The van der Waals surface area contributed by atoms with Crippen molar-refractivity contribution in [3.63, 3.8) is 0 Å². The van der Waals surface area contributed by atoms with Gasteiger partial charge in [0.25, 0.3) is 0 Å². The van der Waals surface area contributed by atoms with E-state index in [0.717, 1.165) is 28.1 Å². The van der Waals surface area contributed by atoms with Crippen molar-refractivity contribution in [3.8, 4) is 22.6 Å². The summed E-state index contributed by atoms with van der Waals surface area (Å²) in [6.07, 6.45) is -2.83. The Labute approximate surface area is 246 Å². The van der Waals surface area contributed by atoms with Gasteiger partial charge in [0.15, 0.2) is 0 Å². The number of anilines is 1. The Hall–Kier alpha value is -4.52. The number of benzene rings is 3. The zero-order valence-corrected chi connectivity index (χ0v) is 23.7. The molecule has 0 aliphatic carbocycles. The second kappa shape index (κ2) is 11.3. The van der Waals surface area contributed by atoms with E-state index in [4.69, 9.17) is 0 Å². The number of amides is 2. The molecular weight excluding hydrogens is 586 g/mol. The van der Waals surface area contributed by atoms with Crippen LogP contribution < -0.4 is 4.90 Å². The smallest absolute Gasteiger partial charge is 0.413 e. The fourth-order valence-corrected chi connectivity index (χ4v) is 6.05. The Balaban J connectivity index is 1.29. The van der Waals surface area contributed by atoms with Crippen LogP contribution in [0.2, 0.25) is 0 Å². The highest BCUT2D eigenvalue weighted by Gasteiger charge is 2.38. The third kappa shape index (κ3) is 5.89. The van der Waals surface area contributed by atoms with Crippen LogP contribution in [-0.4, -0.2) is 54.5 Å². The summed E-state index contributed by atoms with van der Waals surface area (Å²) in [5.41, 5.74) is 3.66. The van der Waals surface area contributed by atoms with E-state index in [0.29, 0.717) is 30.3 Å². The SMILES string of the molecule is Cn1ccc2cc(-c3ccc(N(Cc4ccc(-c5nnc(C(F)(F)F)o5)cc4F)C(=O)N4CCS(=O)CC4)cc3)ccc21. The fourth-order valence-electron chi connectivity index (χ4n) is 5.00. The van der Waals surface area contributed by atoms with Gasteiger partial charge in [-0.05, 0) is 53.6 Å². The summed E-state index contributed by atoms with van der Waals surface area (Å²) in [7, 11) is 0.981. The summed E-state index contributed by atoms with van der Waals surface area (Å²) in [5.74, 6) is -2.05. The lowest BCUT2D eigenvalue weighted by atomic mass is 10.0. The molecule has 0 spiro atoms. The topological polar surface area (TPSA) is 84.5 Å². The first-order chi connectivity index (χ1) is 20.6. The largest absolute Gasteiger partial charge is 0.470 e. The van der Waals surface area contributed by atoms with Crippen LogP contribution in [0.5, 0.6) is 0 Å². The lowest BCUT2D eigenvalue weighted by Crippen LogP contribution is -2.48. The minimum Gasteiger partial charge on any atom is -0.413 e. The number of halogens is 4. The normalized spacial score (nSPS) is 14.4. The molecule has 0 atom stereocenters. The Kier molecular flexibility index (Phi) is 7.50. The van der Waals surface area contributed by atoms with Crippen LogP contribution in [0.1, 0.15) is 11.5 Å². The number of fused-ring (bicyclic) bond motifs is 1. The van der Waals surface area contributed by atoms with Crippen molar-refractivity contribution in [2.45, 2.75) is 12.7 Å². The number of hydrogen-bond donors (Lipinski definition) is 0. The van der Waals surface area contributed by atoms with Crippen molar-refractivity contribution >= 4 is 33.4 Å². The van der Waals surface area contributed by atoms with Gasteiger partial charge in [0.05, 0.1) is 6.54 Å². The predicted octanol–water partition coefficient (Wildman–Crippen LogP) is 6.24. The van der Waals surface area contributed by atoms with Crippen molar-refractivity contribution in [1.82, 2.24) is 19.7 Å². The summed E-state index contributed by atoms with van der Waals surface area (Å²) in [6.45, 7) is 0.450. The van der Waals surface area contributed by atoms with Gasteiger partial charge in [0.1, 0.15) is 5.82 Å². The summed E-state index contributed by atoms with van der Waals surface area (Å²) in [5, 5.41) is 7.46. The molecule has 1 aliphatic rings. The van der Waals surface area contributed by atoms with E-state index in [2.05, 4.69) is 20.7 Å². The summed E-state index contributed by atoms with van der Waals surface area (Å²) in [6, 6.07) is 18.9. The zero-order chi connectivity index (χ0) is 30.3. The minimum absolute atomic E-state index is 0.0274. The molecule has 0 radical (unpaired) electrons. The number of nitrogens with zero attached hydrogens (tertiary/aromatic N) is 5. The summed E-state index contributed by atoms with van der Waals surface area (Å²) < 4.78 is 72.5. The minimum atomic E-state index is -4.82. The predicted molar refractivity (Wildman–Crippen MR) is 154 cm³/mol. The van der Waals surface area contributed by atoms with E-state index in [9.17, 15) is 22.2 Å². The molecule has 222 valence electrons. The van der Waals surface area contributed by atoms with Crippen LogP contribution in [-0.2, 0) is 30.6 Å². The Morgan fingerprint density at radius 1 is 0.953 bits per heavy atom. The highest BCUT2D eigenvalue weighted by molar-refractivity contribution is 7.85. The number of carbonyl (C=O) groups excluding carboxylic acids is 1. The third-order valence-corrected chi connectivity index (χ3v) is 8.65. The lowest BCUT2D eigenvalue weighted by molar-refractivity contribution is -0.156. The molecule has 8 nitrogen and oxygen atoms in total. The first kappa shape index (κ1) is 28.6. The third-order valence-electron chi connectivity index (χ3n) is 7.37. The van der Waals surface area contributed by atoms with Crippen LogP contribution in [0.25, 0.3) is 33.5 Å². The van der Waals surface area contributed by atoms with E-state index in [1.807, 2.05) is 48.1 Å². The number of urea groups is 1. The average Bonchev–Trinajstić information content (AvgIpc) is 3.64. The van der Waals surface area contributed by atoms with Crippen molar-refractivity contribution in [1.29, 1.82) is 0 Å². The molecule has 2 aromatic heterocycles. The monoisotopic (exact) mass is 611 g/mol. The Morgan fingerprint density at radius 2 is 1.65 bits per heavy atom. The molecule has 6 rings (SSSR count). The molecule has 0 unspecified atom stereocenters. The van der Waals surface area contributed by atoms with Gasteiger partial charge < -0.3 is 13.9 Å². The van der Waals surface area contributed by atoms with Crippen molar-refractivity contribution < 1.29 is 31.0 Å². The van der Waals surface area contributed by atoms with E-state index in [-0.39, 0.29) is 23.7 Å². The Morgan fingerprint density at radius 3 is 2.33 bits per heavy atom. The molecule has 0 saturated carbocycles. The molecule has 3 heterocycles. The molecule has 0 bridgehead atoms. The molecule has 1 fully saturated rings. The first-order valence-corrected chi connectivity index (χ1v) is 14.8. The van der Waals surface area contributed by atoms with Gasteiger partial charge in [-0.2, -0.15) is 13.2 Å². The second-order valence-electron chi connectivity index (χ2n) is 10.2. The highest BCUT2D eigenvalue weighted by atomic mass is 32.2. The van der Waals surface area contributed by atoms with Gasteiger partial charge in [-0.25, -0.2) is 9.18 Å². The molecule has 43 heavy (non-hydrogen) atoms. The van der Waals surface area contributed by atoms with Gasteiger partial charge >= 0.3 is 18.1 Å². The highest BCUT2D eigenvalue weighted by Crippen LogP contribution is 2.32. The van der Waals surface area contributed by atoms with E-state index in [1.54, 1.807) is 17.0 Å². The van der Waals surface area contributed by atoms with Crippen LogP contribution >= 0.6 is 0 Å². The van der Waals surface area contributed by atoms with Crippen LogP contribution in [0.15, 0.2) is 77.3 Å². The van der Waals surface area contributed by atoms with Crippen molar-refractivity contribution in [2.75, 3.05) is 29.5 Å². The maximum Gasteiger partial charge on any atom is 0.470 e. The number of hydrogen-bond acceptors (Lipinski definition) is 5. The van der Waals surface area contributed by atoms with Crippen molar-refractivity contribution in [3.05, 3.63) is 90.2 Å². The summed E-state index contributed by atoms with van der Waals surface area (Å²) >= 11 is 0. The Bertz CT molecular complexity index is 1820. The number of aryl methyl sites for hydroxylation is 1.